The van der Waals surface area contributed by atoms with Crippen LogP contribution in [0.3, 0.4) is 0 Å². The molecule has 4 aromatic carbocycles. The summed E-state index contributed by atoms with van der Waals surface area (Å²) in [6.45, 7) is 27.0. The van der Waals surface area contributed by atoms with Gasteiger partial charge < -0.3 is 67.6 Å². The maximum absolute atomic E-state index is 14.2. The zero-order valence-electron chi connectivity index (χ0n) is 53.5. The Bertz CT molecular complexity index is 3040. The Kier molecular flexibility index (Phi) is 25.3. The molecule has 18 nitrogen and oxygen atoms in total. The highest BCUT2D eigenvalue weighted by atomic mass is 32.1. The number of amides is 3. The third-order valence-electron chi connectivity index (χ3n) is 17.3. The summed E-state index contributed by atoms with van der Waals surface area (Å²) >= 11 is 1.56. The Morgan fingerprint density at radius 2 is 1.22 bits per heavy atom. The van der Waals surface area contributed by atoms with Crippen molar-refractivity contribution in [2.45, 2.75) is 182 Å². The lowest BCUT2D eigenvalue weighted by Crippen LogP contribution is -2.55. The van der Waals surface area contributed by atoms with Gasteiger partial charge in [0.2, 0.25) is 11.8 Å². The van der Waals surface area contributed by atoms with Crippen molar-refractivity contribution in [3.8, 4) is 27.7 Å². The topological polar surface area (TPSA) is 206 Å². The molecule has 89 heavy (non-hydrogen) atoms. The third kappa shape index (κ3) is 18.2. The van der Waals surface area contributed by atoms with Gasteiger partial charge in [-0.3, -0.25) is 14.4 Å². The molecular weight excluding hydrogens is 1150 g/mol. The van der Waals surface area contributed by atoms with Crippen LogP contribution in [0.2, 0.25) is 0 Å². The number of benzene rings is 4. The number of carbonyl (C=O) groups excluding carboxylic acids is 3. The number of thiazole rings is 1. The minimum atomic E-state index is -0.885. The van der Waals surface area contributed by atoms with Crippen molar-refractivity contribution >= 4 is 54.2 Å². The van der Waals surface area contributed by atoms with Gasteiger partial charge in [0.15, 0.2) is 0 Å². The first-order chi connectivity index (χ1) is 42.0. The van der Waals surface area contributed by atoms with Crippen LogP contribution in [0.15, 0.2) is 96.5 Å². The van der Waals surface area contributed by atoms with Gasteiger partial charge in [0, 0.05) is 83.1 Å². The van der Waals surface area contributed by atoms with Gasteiger partial charge in [-0.1, -0.05) is 75.9 Å². The molecule has 4 aliphatic rings. The lowest BCUT2D eigenvalue weighted by Gasteiger charge is -2.35. The van der Waals surface area contributed by atoms with Crippen LogP contribution in [0.1, 0.15) is 149 Å². The van der Waals surface area contributed by atoms with Crippen molar-refractivity contribution in [1.82, 2.24) is 20.1 Å². The van der Waals surface area contributed by atoms with E-state index in [0.29, 0.717) is 64.1 Å². The second kappa shape index (κ2) is 31.9. The molecule has 3 N–H and O–H groups in total. The fraction of sp³-hybridized carbons (Fsp3) is 0.559. The van der Waals surface area contributed by atoms with Gasteiger partial charge in [-0.15, -0.1) is 11.3 Å². The van der Waals surface area contributed by atoms with Crippen LogP contribution in [0.5, 0.6) is 17.2 Å². The molecule has 4 aliphatic heterocycles. The van der Waals surface area contributed by atoms with Gasteiger partial charge in [-0.25, -0.2) is 4.98 Å². The van der Waals surface area contributed by atoms with Gasteiger partial charge >= 0.3 is 14.2 Å². The van der Waals surface area contributed by atoms with Crippen LogP contribution in [0.25, 0.3) is 10.4 Å². The van der Waals surface area contributed by atoms with Gasteiger partial charge in [-0.05, 0) is 152 Å². The molecule has 0 unspecified atom stereocenters. The highest BCUT2D eigenvalue weighted by Gasteiger charge is 2.53. The molecule has 21 heteroatoms. The van der Waals surface area contributed by atoms with Crippen molar-refractivity contribution in [3.05, 3.63) is 119 Å². The fourth-order valence-electron chi connectivity index (χ4n) is 10.7. The lowest BCUT2D eigenvalue weighted by atomic mass is 9.79. The predicted molar refractivity (Wildman–Crippen MR) is 349 cm³/mol. The number of unbranched alkanes of at least 4 members (excludes halogenated alkanes) is 2. The average molecular weight is 1250 g/mol. The fourth-order valence-corrected chi connectivity index (χ4v) is 11.5. The van der Waals surface area contributed by atoms with E-state index in [2.05, 4.69) is 38.0 Å². The number of aliphatic hydroxyl groups excluding tert-OH is 2. The molecule has 0 radical (unpaired) electrons. The minimum Gasteiger partial charge on any atom is -0.494 e. The van der Waals surface area contributed by atoms with Crippen LogP contribution in [0, 0.1) is 12.8 Å². The number of ether oxygens (including phenoxy) is 5. The van der Waals surface area contributed by atoms with Crippen molar-refractivity contribution in [3.63, 3.8) is 0 Å². The highest BCUT2D eigenvalue weighted by molar-refractivity contribution is 7.13. The summed E-state index contributed by atoms with van der Waals surface area (Å²) in [6.07, 6.45) is 4.12. The number of carbonyl (C=O) groups is 3. The molecule has 484 valence electrons. The van der Waals surface area contributed by atoms with Crippen molar-refractivity contribution in [2.24, 2.45) is 5.92 Å². The number of aliphatic hydroxyl groups is 2. The molecule has 3 amide bonds. The summed E-state index contributed by atoms with van der Waals surface area (Å²) in [4.78, 5) is 50.0. The Balaban J connectivity index is 0.000000363. The van der Waals surface area contributed by atoms with Gasteiger partial charge in [-0.2, -0.15) is 0 Å². The van der Waals surface area contributed by atoms with Gasteiger partial charge in [0.05, 0.1) is 64.4 Å². The van der Waals surface area contributed by atoms with Crippen molar-refractivity contribution < 1.29 is 66.9 Å². The second-order valence-electron chi connectivity index (χ2n) is 25.4. The van der Waals surface area contributed by atoms with E-state index in [1.54, 1.807) is 22.3 Å². The van der Waals surface area contributed by atoms with E-state index in [-0.39, 0.29) is 86.7 Å². The van der Waals surface area contributed by atoms with E-state index < -0.39 is 25.3 Å². The number of nitrogens with one attached hydrogen (secondary N) is 1. The first-order valence-electron chi connectivity index (χ1n) is 31.2. The minimum absolute atomic E-state index is 0. The summed E-state index contributed by atoms with van der Waals surface area (Å²) in [5.41, 5.74) is 6.48. The predicted octanol–water partition coefficient (Wildman–Crippen LogP) is 9.50. The third-order valence-corrected chi connectivity index (χ3v) is 18.3. The molecule has 3 atom stereocenters. The number of likely N-dealkylation sites (tertiary alicyclic amines) is 1. The quantitative estimate of drug-likeness (QED) is 0.0301. The first-order valence-corrected chi connectivity index (χ1v) is 32.1. The summed E-state index contributed by atoms with van der Waals surface area (Å²) in [6, 6.07) is 27.3. The molecule has 1 aromatic heterocycles. The van der Waals surface area contributed by atoms with E-state index >= 15 is 0 Å². The molecule has 0 aliphatic carbocycles. The Morgan fingerprint density at radius 1 is 0.708 bits per heavy atom. The van der Waals surface area contributed by atoms with E-state index in [0.717, 1.165) is 88.2 Å². The Hall–Kier alpha value is -5.87. The Labute approximate surface area is 532 Å². The number of nitrogens with zero attached hydrogens (tertiary/aromatic N) is 3. The van der Waals surface area contributed by atoms with E-state index in [9.17, 15) is 19.5 Å². The summed E-state index contributed by atoms with van der Waals surface area (Å²) < 4.78 is 53.8. The van der Waals surface area contributed by atoms with Crippen molar-refractivity contribution in [1.29, 1.82) is 0 Å². The molecule has 9 rings (SSSR count). The maximum atomic E-state index is 14.2. The first kappa shape index (κ1) is 70.6. The Morgan fingerprint density at radius 3 is 1.74 bits per heavy atom. The van der Waals surface area contributed by atoms with E-state index in [1.165, 1.54) is 4.90 Å². The van der Waals surface area contributed by atoms with Gasteiger partial charge in [0.1, 0.15) is 29.3 Å². The normalized spacial score (nSPS) is 19.0. The van der Waals surface area contributed by atoms with Crippen molar-refractivity contribution in [2.75, 3.05) is 59.4 Å². The van der Waals surface area contributed by atoms with E-state index in [4.69, 9.17) is 47.4 Å². The maximum Gasteiger partial charge on any atom is 0.494 e. The molecule has 5 aromatic rings. The number of fused-ring (bicyclic) bond motifs is 1. The number of β-amino-alcohol motifs (C(OH)–C–C–N with tert-alkyl or cyclic N) is 1. The molecule has 5 heterocycles. The summed E-state index contributed by atoms with van der Waals surface area (Å²) in [5.74, 6) is 1.15. The molecule has 0 saturated carbocycles. The monoisotopic (exact) mass is 1250 g/mol. The lowest BCUT2D eigenvalue weighted by molar-refractivity contribution is -0.143. The largest absolute Gasteiger partial charge is 0.494 e. The average Bonchev–Trinajstić information content (AvgIpc) is 2.63. The number of rotatable bonds is 29. The standard InChI is InChI=1S/C48H61BN4O9S.C19H31BO5.CH4/c1-31(2)42(53-28-35-13-8-9-14-39(35)45(53)56)46(57)52-29-37(54)26-40(52)44(55)50-27-34-16-15-33(43-32(3)51-30-63-43)25-41(34)60-23-11-10-21-58-22-12-24-59-38-19-17-36(18-20-38)49-61-47(4,5)48(6,7)62-49;1-18(2)19(3,4)25-20(24-18)16-8-10-17(11-9-16)23-15-7-14-22-13-6-5-12-21;/h8-9,13-20,25,30-31,37,40,42,54H,10-12,21-24,26-29H2,1-7H3,(H,50,55);8-11,21H,5-7,12-15H2,1-4H3;1H4/t37-,40+,42+;;/m1../s1. The van der Waals surface area contributed by atoms with E-state index in [1.807, 2.05) is 139 Å². The van der Waals surface area contributed by atoms with Gasteiger partial charge in [0.25, 0.3) is 5.91 Å². The molecule has 0 spiro atoms. The summed E-state index contributed by atoms with van der Waals surface area (Å²) in [5, 5.41) is 22.4. The summed E-state index contributed by atoms with van der Waals surface area (Å²) in [7, 11) is -0.745. The number of hydrogen-bond acceptors (Lipinski definition) is 16. The van der Waals surface area contributed by atoms with Crippen LogP contribution < -0.4 is 30.5 Å². The number of hydrogen-bond donors (Lipinski definition) is 3. The number of aryl methyl sites for hydroxylation is 1. The molecule has 0 bridgehead atoms. The molecule has 3 saturated heterocycles. The zero-order valence-corrected chi connectivity index (χ0v) is 54.3. The second-order valence-corrected chi connectivity index (χ2v) is 26.3. The molecular formula is C68H96B2N4O14S. The zero-order chi connectivity index (χ0) is 63.2. The SMILES string of the molecule is C.CC1(C)OB(c2ccc(OCCCOCCCCO)cc2)OC1(C)C.Cc1ncsc1-c1ccc(CNC(=O)[C@@H]2C[C@@H](O)CN2C(=O)[C@H](C(C)C)N2Cc3ccccc3C2=O)c(OCCCCOCCCOc2ccc(B3OC(C)(C)C(C)(C)O3)cc2)c1. The van der Waals surface area contributed by atoms with Crippen LogP contribution in [-0.2, 0) is 50.8 Å². The number of aromatic nitrogens is 1. The molecule has 3 fully saturated rings. The smallest absolute Gasteiger partial charge is 0.494 e. The highest BCUT2D eigenvalue weighted by Crippen LogP contribution is 2.39. The van der Waals surface area contributed by atoms with Crippen LogP contribution in [0.4, 0.5) is 0 Å². The van der Waals surface area contributed by atoms with Crippen LogP contribution >= 0.6 is 11.3 Å². The van der Waals surface area contributed by atoms with Crippen LogP contribution in [-0.4, -0.2) is 157 Å².